The number of hydrogen-bond acceptors (Lipinski definition) is 3. The third kappa shape index (κ3) is 7.07. The Morgan fingerprint density at radius 3 is 2.42 bits per heavy atom. The first-order valence-electron chi connectivity index (χ1n) is 12.1. The molecule has 0 aromatic heterocycles. The quantitative estimate of drug-likeness (QED) is 0.341. The van der Waals surface area contributed by atoms with Gasteiger partial charge in [0, 0.05) is 30.8 Å². The van der Waals surface area contributed by atoms with Crippen molar-refractivity contribution in [3.63, 3.8) is 0 Å². The fourth-order valence-corrected chi connectivity index (χ4v) is 4.86. The average molecular weight is 546 g/mol. The Morgan fingerprint density at radius 2 is 1.74 bits per heavy atom. The molecule has 9 heteroatoms. The van der Waals surface area contributed by atoms with Gasteiger partial charge in [-0.25, -0.2) is 0 Å². The number of aliphatic carboxylic acids is 1. The van der Waals surface area contributed by atoms with Crippen molar-refractivity contribution >= 4 is 23.5 Å². The second-order valence-corrected chi connectivity index (χ2v) is 10.3. The Bertz CT molecular complexity index is 1330. The molecule has 1 aliphatic heterocycles. The highest BCUT2D eigenvalue weighted by Crippen LogP contribution is 2.38. The molecule has 0 spiro atoms. The highest BCUT2D eigenvalue weighted by atomic mass is 35.5. The molecule has 5 nitrogen and oxygen atoms in total. The molecular weight excluding hydrogens is 519 g/mol. The number of aryl methyl sites for hydroxylation is 1. The summed E-state index contributed by atoms with van der Waals surface area (Å²) in [5, 5.41) is 9.93. The second kappa shape index (κ2) is 11.1. The standard InChI is InChI=1S/C29H27ClF3NO4/c1-28(15-20-5-9-24(30)10-6-20)16-22-13-19(7-11-25(22)38-28)8-12-26(35)34(18-27(36)37)17-21-3-2-4-23(14-21)29(31,32)33/h2-7,9-11,13-14H,8,12,15-18H2,1H3,(H,36,37)/t28-/m0/s1. The van der Waals surface area contributed by atoms with Crippen LogP contribution in [0.4, 0.5) is 13.2 Å². The Kier molecular flexibility index (Phi) is 8.02. The van der Waals surface area contributed by atoms with Gasteiger partial charge in [0.15, 0.2) is 0 Å². The lowest BCUT2D eigenvalue weighted by Crippen LogP contribution is -2.35. The molecule has 1 atom stereocenters. The van der Waals surface area contributed by atoms with Crippen molar-refractivity contribution in [2.24, 2.45) is 0 Å². The van der Waals surface area contributed by atoms with E-state index < -0.39 is 35.8 Å². The zero-order valence-electron chi connectivity index (χ0n) is 20.7. The number of ether oxygens (including phenoxy) is 1. The molecular formula is C29H27ClF3NO4. The zero-order chi connectivity index (χ0) is 27.5. The monoisotopic (exact) mass is 545 g/mol. The van der Waals surface area contributed by atoms with Crippen molar-refractivity contribution in [3.8, 4) is 5.75 Å². The van der Waals surface area contributed by atoms with E-state index >= 15 is 0 Å². The number of hydrogen-bond donors (Lipinski definition) is 1. The van der Waals surface area contributed by atoms with E-state index in [0.29, 0.717) is 24.3 Å². The number of carbonyl (C=O) groups excluding carboxylic acids is 1. The van der Waals surface area contributed by atoms with Gasteiger partial charge in [0.25, 0.3) is 0 Å². The number of nitrogens with zero attached hydrogens (tertiary/aromatic N) is 1. The van der Waals surface area contributed by atoms with E-state index in [-0.39, 0.29) is 18.5 Å². The van der Waals surface area contributed by atoms with E-state index in [2.05, 4.69) is 0 Å². The van der Waals surface area contributed by atoms with Gasteiger partial charge in [-0.2, -0.15) is 13.2 Å². The summed E-state index contributed by atoms with van der Waals surface area (Å²) in [6.07, 6.45) is -2.76. The van der Waals surface area contributed by atoms with E-state index in [1.807, 2.05) is 49.4 Å². The highest BCUT2D eigenvalue weighted by Gasteiger charge is 2.35. The molecule has 1 N–H and O–H groups in total. The molecule has 0 radical (unpaired) electrons. The van der Waals surface area contributed by atoms with Crippen molar-refractivity contribution in [2.75, 3.05) is 6.54 Å². The first kappa shape index (κ1) is 27.5. The minimum atomic E-state index is -4.53. The predicted octanol–water partition coefficient (Wildman–Crippen LogP) is 6.34. The summed E-state index contributed by atoms with van der Waals surface area (Å²) in [7, 11) is 0. The molecule has 0 saturated heterocycles. The van der Waals surface area contributed by atoms with Crippen LogP contribution in [0.5, 0.6) is 5.75 Å². The molecule has 0 bridgehead atoms. The molecule has 4 rings (SSSR count). The molecule has 1 aliphatic rings. The second-order valence-electron chi connectivity index (χ2n) is 9.82. The Labute approximate surface area is 223 Å². The zero-order valence-corrected chi connectivity index (χ0v) is 21.5. The van der Waals surface area contributed by atoms with E-state index in [1.165, 1.54) is 12.1 Å². The van der Waals surface area contributed by atoms with Crippen LogP contribution in [-0.2, 0) is 41.6 Å². The molecule has 38 heavy (non-hydrogen) atoms. The third-order valence-electron chi connectivity index (χ3n) is 6.47. The molecule has 0 aliphatic carbocycles. The minimum Gasteiger partial charge on any atom is -0.487 e. The molecule has 3 aromatic carbocycles. The number of benzene rings is 3. The van der Waals surface area contributed by atoms with Crippen molar-refractivity contribution in [2.45, 2.75) is 50.9 Å². The van der Waals surface area contributed by atoms with Crippen molar-refractivity contribution in [3.05, 3.63) is 99.6 Å². The van der Waals surface area contributed by atoms with Gasteiger partial charge in [0.1, 0.15) is 17.9 Å². The SMILES string of the molecule is C[C@]1(Cc2ccc(Cl)cc2)Cc2cc(CCC(=O)N(CC(=O)O)Cc3cccc(C(F)(F)F)c3)ccc2O1. The molecule has 0 unspecified atom stereocenters. The molecule has 200 valence electrons. The van der Waals surface area contributed by atoms with Gasteiger partial charge in [-0.3, -0.25) is 9.59 Å². The number of carboxylic acids is 1. The number of carboxylic acid groups (broad SMARTS) is 1. The highest BCUT2D eigenvalue weighted by molar-refractivity contribution is 6.30. The van der Waals surface area contributed by atoms with Crippen LogP contribution in [0.2, 0.25) is 5.02 Å². The van der Waals surface area contributed by atoms with Crippen LogP contribution in [0, 0.1) is 0 Å². The van der Waals surface area contributed by atoms with Gasteiger partial charge in [-0.1, -0.05) is 48.0 Å². The lowest BCUT2D eigenvalue weighted by atomic mass is 9.91. The van der Waals surface area contributed by atoms with Crippen LogP contribution in [0.1, 0.15) is 41.2 Å². The predicted molar refractivity (Wildman–Crippen MR) is 137 cm³/mol. The van der Waals surface area contributed by atoms with E-state index in [9.17, 15) is 27.9 Å². The maximum Gasteiger partial charge on any atom is 0.416 e. The fraction of sp³-hybridized carbons (Fsp3) is 0.310. The number of fused-ring (bicyclic) bond motifs is 1. The van der Waals surface area contributed by atoms with E-state index in [1.54, 1.807) is 0 Å². The number of alkyl halides is 3. The number of rotatable bonds is 9. The Balaban J connectivity index is 1.40. The van der Waals surface area contributed by atoms with Gasteiger partial charge < -0.3 is 14.7 Å². The maximum atomic E-state index is 13.1. The van der Waals surface area contributed by atoms with Gasteiger partial charge in [0.05, 0.1) is 5.56 Å². The molecule has 0 saturated carbocycles. The average Bonchev–Trinajstić information content (AvgIpc) is 3.18. The lowest BCUT2D eigenvalue weighted by molar-refractivity contribution is -0.145. The summed E-state index contributed by atoms with van der Waals surface area (Å²) in [4.78, 5) is 25.3. The Hall–Kier alpha value is -3.52. The summed E-state index contributed by atoms with van der Waals surface area (Å²) in [6.45, 7) is 1.22. The summed E-state index contributed by atoms with van der Waals surface area (Å²) in [5.41, 5.74) is 1.97. The van der Waals surface area contributed by atoms with Crippen LogP contribution in [0.3, 0.4) is 0 Å². The van der Waals surface area contributed by atoms with Crippen molar-refractivity contribution in [1.29, 1.82) is 0 Å². The fourth-order valence-electron chi connectivity index (χ4n) is 4.73. The normalized spacial score (nSPS) is 16.6. The molecule has 3 aromatic rings. The maximum absolute atomic E-state index is 13.1. The number of amides is 1. The van der Waals surface area contributed by atoms with Gasteiger partial charge >= 0.3 is 12.1 Å². The van der Waals surface area contributed by atoms with Gasteiger partial charge in [-0.15, -0.1) is 0 Å². The van der Waals surface area contributed by atoms with E-state index in [4.69, 9.17) is 16.3 Å². The summed E-state index contributed by atoms with van der Waals surface area (Å²) in [6, 6.07) is 17.9. The molecule has 1 amide bonds. The van der Waals surface area contributed by atoms with Crippen LogP contribution in [-0.4, -0.2) is 34.0 Å². The molecule has 1 heterocycles. The van der Waals surface area contributed by atoms with Crippen LogP contribution in [0.25, 0.3) is 0 Å². The molecule has 0 fully saturated rings. The van der Waals surface area contributed by atoms with Crippen molar-refractivity contribution < 1.29 is 32.6 Å². The summed E-state index contributed by atoms with van der Waals surface area (Å²) in [5.74, 6) is -0.900. The van der Waals surface area contributed by atoms with Crippen LogP contribution in [0.15, 0.2) is 66.7 Å². The Morgan fingerprint density at radius 1 is 1.03 bits per heavy atom. The number of carbonyl (C=O) groups is 2. The largest absolute Gasteiger partial charge is 0.487 e. The summed E-state index contributed by atoms with van der Waals surface area (Å²) >= 11 is 5.98. The minimum absolute atomic E-state index is 0.0218. The van der Waals surface area contributed by atoms with Gasteiger partial charge in [0.2, 0.25) is 5.91 Å². The van der Waals surface area contributed by atoms with E-state index in [0.717, 1.165) is 39.5 Å². The van der Waals surface area contributed by atoms with Crippen LogP contribution >= 0.6 is 11.6 Å². The first-order valence-corrected chi connectivity index (χ1v) is 12.5. The number of halogens is 4. The van der Waals surface area contributed by atoms with Crippen molar-refractivity contribution in [1.82, 2.24) is 4.90 Å². The first-order chi connectivity index (χ1) is 17.9. The van der Waals surface area contributed by atoms with Crippen LogP contribution < -0.4 is 4.74 Å². The topological polar surface area (TPSA) is 66.8 Å². The smallest absolute Gasteiger partial charge is 0.416 e. The lowest BCUT2D eigenvalue weighted by Gasteiger charge is -2.24. The van der Waals surface area contributed by atoms with Gasteiger partial charge in [-0.05, 0) is 65.9 Å². The summed E-state index contributed by atoms with van der Waals surface area (Å²) < 4.78 is 45.4. The third-order valence-corrected chi connectivity index (χ3v) is 6.72.